The zero-order valence-corrected chi connectivity index (χ0v) is 19.1. The number of ether oxygens (including phenoxy) is 1. The third kappa shape index (κ3) is 3.34. The molecule has 0 bridgehead atoms. The molecule has 7 heteroatoms. The Hall–Kier alpha value is -1.47. The molecule has 4 aliphatic rings. The molecule has 8 atom stereocenters. The van der Waals surface area contributed by atoms with Crippen LogP contribution in [0.3, 0.4) is 0 Å². The number of halogens is 1. The number of carbonyl (C=O) groups is 3. The lowest BCUT2D eigenvalue weighted by Gasteiger charge is -2.56. The first kappa shape index (κ1) is 22.7. The van der Waals surface area contributed by atoms with E-state index in [4.69, 9.17) is 4.74 Å². The quantitative estimate of drug-likeness (QED) is 0.652. The molecule has 5 nitrogen and oxygen atoms in total. The minimum atomic E-state index is -1.39. The molecule has 1 N–H and O–H groups in total. The number of rotatable bonds is 4. The zero-order valence-electron chi connectivity index (χ0n) is 18.3. The first-order valence-corrected chi connectivity index (χ1v) is 12.2. The summed E-state index contributed by atoms with van der Waals surface area (Å²) >= 11 is 0.565. The molecule has 0 saturated heterocycles. The maximum absolute atomic E-state index is 13.2. The minimum absolute atomic E-state index is 0.0112. The number of hydrogen-bond donors (Lipinski definition) is 1. The third-order valence-corrected chi connectivity index (χ3v) is 9.15. The number of hydrogen-bond acceptors (Lipinski definition) is 6. The van der Waals surface area contributed by atoms with E-state index >= 15 is 0 Å². The second-order valence-corrected chi connectivity index (χ2v) is 10.7. The molecule has 170 valence electrons. The number of fused-ring (bicyclic) bond motifs is 5. The van der Waals surface area contributed by atoms with E-state index in [1.165, 1.54) is 0 Å². The van der Waals surface area contributed by atoms with Crippen molar-refractivity contribution < 1.29 is 28.6 Å². The summed E-state index contributed by atoms with van der Waals surface area (Å²) in [6.07, 6.45) is 7.30. The van der Waals surface area contributed by atoms with Crippen LogP contribution in [0.15, 0.2) is 23.8 Å². The van der Waals surface area contributed by atoms with E-state index in [0.29, 0.717) is 24.6 Å². The Morgan fingerprint density at radius 3 is 2.74 bits per heavy atom. The molecule has 0 heterocycles. The fraction of sp³-hybridized carbons (Fsp3) is 0.708. The maximum Gasteiger partial charge on any atom is 0.306 e. The van der Waals surface area contributed by atoms with Crippen molar-refractivity contribution in [1.82, 2.24) is 0 Å². The normalized spacial score (nSPS) is 43.5. The smallest absolute Gasteiger partial charge is 0.306 e. The van der Waals surface area contributed by atoms with Gasteiger partial charge < -0.3 is 9.84 Å². The van der Waals surface area contributed by atoms with E-state index in [2.05, 4.69) is 6.92 Å². The molecule has 3 fully saturated rings. The topological polar surface area (TPSA) is 80.7 Å². The summed E-state index contributed by atoms with van der Waals surface area (Å²) < 4.78 is 19.0. The Bertz CT molecular complexity index is 853. The molecular weight excluding hydrogens is 419 g/mol. The number of ketones is 1. The van der Waals surface area contributed by atoms with Gasteiger partial charge in [0.25, 0.3) is 0 Å². The number of esters is 1. The molecule has 0 radical (unpaired) electrons. The van der Waals surface area contributed by atoms with Gasteiger partial charge in [-0.05, 0) is 61.4 Å². The fourth-order valence-corrected chi connectivity index (χ4v) is 7.89. The van der Waals surface area contributed by atoms with Crippen LogP contribution in [0.25, 0.3) is 0 Å². The van der Waals surface area contributed by atoms with E-state index < -0.39 is 34.2 Å². The number of allylic oxidation sites excluding steroid dienone is 4. The Balaban J connectivity index is 1.73. The van der Waals surface area contributed by atoms with E-state index in [0.717, 1.165) is 18.4 Å². The van der Waals surface area contributed by atoms with Gasteiger partial charge in [0.1, 0.15) is 6.01 Å². The van der Waals surface area contributed by atoms with Crippen LogP contribution in [-0.2, 0) is 19.1 Å². The predicted molar refractivity (Wildman–Crippen MR) is 116 cm³/mol. The molecular formula is C24H31FO5S. The molecule has 31 heavy (non-hydrogen) atoms. The Morgan fingerprint density at radius 2 is 2.06 bits per heavy atom. The average molecular weight is 451 g/mol. The van der Waals surface area contributed by atoms with Gasteiger partial charge in [-0.15, -0.1) is 0 Å². The Kier molecular flexibility index (Phi) is 5.97. The van der Waals surface area contributed by atoms with Crippen molar-refractivity contribution in [1.29, 1.82) is 0 Å². The van der Waals surface area contributed by atoms with Crippen LogP contribution in [0.5, 0.6) is 0 Å². The van der Waals surface area contributed by atoms with Gasteiger partial charge in [-0.3, -0.25) is 14.4 Å². The Labute approximate surface area is 186 Å². The summed E-state index contributed by atoms with van der Waals surface area (Å²) in [5.74, 6) is -0.877. The lowest BCUT2D eigenvalue weighted by molar-refractivity contribution is -0.180. The average Bonchev–Trinajstić information content (AvgIpc) is 3.00. The number of alkyl halides is 1. The summed E-state index contributed by atoms with van der Waals surface area (Å²) in [5, 5.41) is 10.9. The van der Waals surface area contributed by atoms with Crippen molar-refractivity contribution in [2.75, 3.05) is 6.01 Å². The number of carbonyl (C=O) groups excluding carboxylic acids is 3. The summed E-state index contributed by atoms with van der Waals surface area (Å²) in [4.78, 5) is 37.5. The molecule has 0 aromatic rings. The first-order chi connectivity index (χ1) is 14.7. The van der Waals surface area contributed by atoms with Gasteiger partial charge in [0.15, 0.2) is 11.4 Å². The lowest BCUT2D eigenvalue weighted by Crippen LogP contribution is -2.58. The maximum atomic E-state index is 13.2. The summed E-state index contributed by atoms with van der Waals surface area (Å²) in [7, 11) is 0. The summed E-state index contributed by atoms with van der Waals surface area (Å²) in [5.41, 5.74) is -0.721. The molecule has 0 aromatic heterocycles. The fourth-order valence-electron chi connectivity index (χ4n) is 7.17. The van der Waals surface area contributed by atoms with Crippen LogP contribution < -0.4 is 0 Å². The van der Waals surface area contributed by atoms with Crippen molar-refractivity contribution in [2.45, 2.75) is 64.6 Å². The first-order valence-electron chi connectivity index (χ1n) is 11.3. The van der Waals surface area contributed by atoms with E-state index in [1.54, 1.807) is 19.1 Å². The number of thioether (sulfide) groups is 1. The van der Waals surface area contributed by atoms with Crippen LogP contribution in [0.1, 0.15) is 52.9 Å². The summed E-state index contributed by atoms with van der Waals surface area (Å²) in [6, 6.07) is -0.867. The third-order valence-electron chi connectivity index (χ3n) is 8.46. The largest absolute Gasteiger partial charge is 0.449 e. The van der Waals surface area contributed by atoms with Crippen LogP contribution in [0.4, 0.5) is 4.39 Å². The van der Waals surface area contributed by atoms with Crippen molar-refractivity contribution in [3.63, 3.8) is 0 Å². The standard InChI is InChI=1S/C24H31FO5S/c1-4-20(28)30-24(22(29)31-12-25)13(2)9-17-16-6-5-14-10-15(26)7-8-23(14,3)21(16)19(27)11-18(17)24/h7-8,10,13,16-19,21,27H,4-6,9,11-12H2,1-3H3/t13-,16?,17?,18?,19?,21?,23?,24?/m1/s1. The highest BCUT2D eigenvalue weighted by Crippen LogP contribution is 2.64. The summed E-state index contributed by atoms with van der Waals surface area (Å²) in [6.45, 7) is 5.68. The predicted octanol–water partition coefficient (Wildman–Crippen LogP) is 4.00. The minimum Gasteiger partial charge on any atom is -0.449 e. The highest BCUT2D eigenvalue weighted by molar-refractivity contribution is 8.13. The van der Waals surface area contributed by atoms with Gasteiger partial charge in [-0.25, -0.2) is 4.39 Å². The van der Waals surface area contributed by atoms with Crippen molar-refractivity contribution in [3.8, 4) is 0 Å². The van der Waals surface area contributed by atoms with Crippen molar-refractivity contribution in [2.24, 2.45) is 35.0 Å². The highest BCUT2D eigenvalue weighted by Gasteiger charge is 2.67. The van der Waals surface area contributed by atoms with Crippen LogP contribution >= 0.6 is 11.8 Å². The van der Waals surface area contributed by atoms with Gasteiger partial charge in [0.2, 0.25) is 5.12 Å². The molecule has 3 saturated carbocycles. The lowest BCUT2D eigenvalue weighted by atomic mass is 9.50. The van der Waals surface area contributed by atoms with E-state index in [1.807, 2.05) is 13.0 Å². The van der Waals surface area contributed by atoms with Gasteiger partial charge >= 0.3 is 5.97 Å². The van der Waals surface area contributed by atoms with E-state index in [-0.39, 0.29) is 41.8 Å². The van der Waals surface area contributed by atoms with Gasteiger partial charge in [-0.2, -0.15) is 0 Å². The monoisotopic (exact) mass is 450 g/mol. The van der Waals surface area contributed by atoms with Crippen molar-refractivity contribution in [3.05, 3.63) is 23.8 Å². The zero-order chi connectivity index (χ0) is 22.6. The molecule has 7 unspecified atom stereocenters. The van der Waals surface area contributed by atoms with Gasteiger partial charge in [0.05, 0.1) is 6.10 Å². The van der Waals surface area contributed by atoms with Crippen molar-refractivity contribution >= 4 is 28.6 Å². The van der Waals surface area contributed by atoms with Gasteiger partial charge in [-0.1, -0.05) is 32.4 Å². The second-order valence-electron chi connectivity index (χ2n) is 9.79. The molecule has 0 amide bonds. The van der Waals surface area contributed by atoms with Crippen LogP contribution in [0.2, 0.25) is 0 Å². The van der Waals surface area contributed by atoms with Crippen LogP contribution in [-0.4, -0.2) is 39.7 Å². The molecule has 0 aromatic carbocycles. The second kappa shape index (κ2) is 8.14. The molecule has 0 aliphatic heterocycles. The molecule has 0 spiro atoms. The highest BCUT2D eigenvalue weighted by atomic mass is 32.2. The Morgan fingerprint density at radius 1 is 1.32 bits per heavy atom. The van der Waals surface area contributed by atoms with Crippen LogP contribution in [0, 0.1) is 35.0 Å². The van der Waals surface area contributed by atoms with Gasteiger partial charge in [0, 0.05) is 29.6 Å². The molecule has 4 aliphatic carbocycles. The number of aliphatic hydroxyl groups is 1. The SMILES string of the molecule is CCC(=O)OC1(C(=O)SCF)C2CC(O)C3C(CCC4=CC(=O)C=CC43C)C2C[C@H]1C. The molecule has 4 rings (SSSR count). The number of aliphatic hydroxyl groups excluding tert-OH is 1. The van der Waals surface area contributed by atoms with E-state index in [9.17, 15) is 23.9 Å².